The molecule has 0 radical (unpaired) electrons. The van der Waals surface area contributed by atoms with Gasteiger partial charge in [0.05, 0.1) is 0 Å². The third-order valence-electron chi connectivity index (χ3n) is 0. The van der Waals surface area contributed by atoms with Gasteiger partial charge < -0.3 is 10.5 Å². The molecule has 0 aliphatic rings. The van der Waals surface area contributed by atoms with Gasteiger partial charge in [-0.05, 0) is 7.05 Å². The lowest BCUT2D eigenvalue weighted by atomic mass is 11.0. The maximum absolute atomic E-state index is 8.00. The molecular weight excluding hydrogens is 126 g/mol. The SMILES string of the molecule is C=O.CC.CC.CC.CN. The van der Waals surface area contributed by atoms with E-state index in [4.69, 9.17) is 4.79 Å². The van der Waals surface area contributed by atoms with Crippen LogP contribution < -0.4 is 5.73 Å². The lowest BCUT2D eigenvalue weighted by Crippen LogP contribution is -1.69. The van der Waals surface area contributed by atoms with Gasteiger partial charge in [-0.2, -0.15) is 0 Å². The largest absolute Gasteiger partial charge is 0.333 e. The Morgan fingerprint density at radius 1 is 0.700 bits per heavy atom. The summed E-state index contributed by atoms with van der Waals surface area (Å²) in [6.07, 6.45) is 0. The van der Waals surface area contributed by atoms with Crippen LogP contribution in [0.5, 0.6) is 0 Å². The first-order valence-corrected chi connectivity index (χ1v) is 3.87. The Hall–Kier alpha value is -0.370. The van der Waals surface area contributed by atoms with Crippen molar-refractivity contribution in [3.8, 4) is 0 Å². The van der Waals surface area contributed by atoms with Crippen molar-refractivity contribution in [3.63, 3.8) is 0 Å². The number of hydrogen-bond acceptors (Lipinski definition) is 2. The molecule has 10 heavy (non-hydrogen) atoms. The molecule has 0 aromatic heterocycles. The Morgan fingerprint density at radius 2 is 0.700 bits per heavy atom. The summed E-state index contributed by atoms with van der Waals surface area (Å²) in [5.74, 6) is 0. The van der Waals surface area contributed by atoms with E-state index in [0.29, 0.717) is 0 Å². The zero-order chi connectivity index (χ0) is 10.0. The van der Waals surface area contributed by atoms with Crippen LogP contribution in [-0.2, 0) is 4.79 Å². The number of hydrogen-bond donors (Lipinski definition) is 1. The fraction of sp³-hybridized carbons (Fsp3) is 0.875. The standard InChI is InChI=1S/3C2H6.CH5N.CH2O/c5*1-2/h3*1-2H3;2H2,1H3;1H2. The number of carbonyl (C=O) groups is 1. The van der Waals surface area contributed by atoms with Crippen LogP contribution in [0.2, 0.25) is 0 Å². The highest BCUT2D eigenvalue weighted by Gasteiger charge is 0.936. The van der Waals surface area contributed by atoms with Crippen molar-refractivity contribution in [3.05, 3.63) is 0 Å². The molecule has 0 aliphatic carbocycles. The van der Waals surface area contributed by atoms with Crippen molar-refractivity contribution in [2.75, 3.05) is 7.05 Å². The third-order valence-corrected chi connectivity index (χ3v) is 0. The van der Waals surface area contributed by atoms with Gasteiger partial charge in [-0.25, -0.2) is 0 Å². The van der Waals surface area contributed by atoms with Crippen molar-refractivity contribution in [1.82, 2.24) is 0 Å². The van der Waals surface area contributed by atoms with Gasteiger partial charge in [0.1, 0.15) is 6.79 Å². The van der Waals surface area contributed by atoms with Gasteiger partial charge in [-0.3, -0.25) is 0 Å². The quantitative estimate of drug-likeness (QED) is 0.578. The van der Waals surface area contributed by atoms with E-state index < -0.39 is 0 Å². The zero-order valence-corrected chi connectivity index (χ0v) is 8.69. The Bertz CT molecular complexity index is 9.22. The van der Waals surface area contributed by atoms with E-state index in [2.05, 4.69) is 5.73 Å². The van der Waals surface area contributed by atoms with Crippen LogP contribution in [0.25, 0.3) is 0 Å². The molecule has 0 aromatic rings. The predicted molar refractivity (Wildman–Crippen MR) is 51.3 cm³/mol. The third kappa shape index (κ3) is 2450. The molecule has 0 unspecified atom stereocenters. The van der Waals surface area contributed by atoms with E-state index in [0.717, 1.165) is 0 Å². The smallest absolute Gasteiger partial charge is 0.106 e. The van der Waals surface area contributed by atoms with Crippen LogP contribution in [0, 0.1) is 0 Å². The van der Waals surface area contributed by atoms with Gasteiger partial charge in [-0.1, -0.05) is 41.5 Å². The average Bonchev–Trinajstić information content (AvgIpc) is 2.20. The predicted octanol–water partition coefficient (Wildman–Crippen LogP) is 2.47. The molecule has 2 N–H and O–H groups in total. The molecule has 0 aliphatic heterocycles. The molecule has 0 bridgehead atoms. The molecule has 2 nitrogen and oxygen atoms in total. The van der Waals surface area contributed by atoms with E-state index in [1.165, 1.54) is 7.05 Å². The molecule has 0 saturated heterocycles. The van der Waals surface area contributed by atoms with Gasteiger partial charge in [0, 0.05) is 0 Å². The van der Waals surface area contributed by atoms with Crippen molar-refractivity contribution in [2.45, 2.75) is 41.5 Å². The maximum atomic E-state index is 8.00. The zero-order valence-electron chi connectivity index (χ0n) is 8.69. The van der Waals surface area contributed by atoms with E-state index in [-0.39, 0.29) is 0 Å². The highest BCUT2D eigenvalue weighted by Crippen LogP contribution is 1.15. The first-order valence-electron chi connectivity index (χ1n) is 3.87. The van der Waals surface area contributed by atoms with Gasteiger partial charge >= 0.3 is 0 Å². The van der Waals surface area contributed by atoms with Gasteiger partial charge in [0.2, 0.25) is 0 Å². The lowest BCUT2D eigenvalue weighted by Gasteiger charge is -1.19. The Balaban J connectivity index is -0.0000000104. The molecular formula is C8H25NO. The van der Waals surface area contributed by atoms with E-state index in [1.54, 1.807) is 0 Å². The summed E-state index contributed by atoms with van der Waals surface area (Å²) in [5.41, 5.74) is 4.50. The average molecular weight is 151 g/mol. The highest BCUT2D eigenvalue weighted by molar-refractivity contribution is 5.10. The Labute approximate surface area is 66.8 Å². The fourth-order valence-corrected chi connectivity index (χ4v) is 0. The maximum Gasteiger partial charge on any atom is 0.106 e. The molecule has 0 spiro atoms. The minimum atomic E-state index is 1.50. The minimum Gasteiger partial charge on any atom is -0.333 e. The molecule has 0 amide bonds. The Morgan fingerprint density at radius 3 is 0.700 bits per heavy atom. The number of carbonyl (C=O) groups excluding carboxylic acids is 1. The van der Waals surface area contributed by atoms with E-state index in [9.17, 15) is 0 Å². The molecule has 0 heterocycles. The first-order chi connectivity index (χ1) is 5.00. The second kappa shape index (κ2) is 3670. The van der Waals surface area contributed by atoms with Gasteiger partial charge in [-0.15, -0.1) is 0 Å². The number of rotatable bonds is 0. The molecule has 68 valence electrons. The van der Waals surface area contributed by atoms with Crippen LogP contribution in [0.15, 0.2) is 0 Å². The summed E-state index contributed by atoms with van der Waals surface area (Å²) in [4.78, 5) is 8.00. The summed E-state index contributed by atoms with van der Waals surface area (Å²) in [6.45, 7) is 14.0. The topological polar surface area (TPSA) is 43.1 Å². The molecule has 2 heteroatoms. The van der Waals surface area contributed by atoms with Gasteiger partial charge in [0.25, 0.3) is 0 Å². The molecule has 0 saturated carbocycles. The fourth-order valence-electron chi connectivity index (χ4n) is 0. The van der Waals surface area contributed by atoms with Crippen LogP contribution in [0.1, 0.15) is 41.5 Å². The summed E-state index contributed by atoms with van der Waals surface area (Å²) >= 11 is 0. The van der Waals surface area contributed by atoms with Gasteiger partial charge in [0.15, 0.2) is 0 Å². The minimum absolute atomic E-state index is 1.50. The van der Waals surface area contributed by atoms with Crippen molar-refractivity contribution >= 4 is 6.79 Å². The molecule has 0 atom stereocenters. The van der Waals surface area contributed by atoms with Crippen molar-refractivity contribution < 1.29 is 4.79 Å². The number of nitrogens with two attached hydrogens (primary N) is 1. The van der Waals surface area contributed by atoms with E-state index in [1.807, 2.05) is 48.3 Å². The van der Waals surface area contributed by atoms with Crippen LogP contribution in [0.3, 0.4) is 0 Å². The second-order valence-corrected chi connectivity index (χ2v) is 0. The highest BCUT2D eigenvalue weighted by atomic mass is 16.1. The first kappa shape index (κ1) is 33.5. The summed E-state index contributed by atoms with van der Waals surface area (Å²) < 4.78 is 0. The normalized spacial score (nSPS) is 2.80. The monoisotopic (exact) mass is 151 g/mol. The van der Waals surface area contributed by atoms with Crippen molar-refractivity contribution in [1.29, 1.82) is 0 Å². The summed E-state index contributed by atoms with van der Waals surface area (Å²) in [6, 6.07) is 0. The Kier molecular flexibility index (Phi) is 12300. The molecule has 0 fully saturated rings. The summed E-state index contributed by atoms with van der Waals surface area (Å²) in [5, 5.41) is 0. The summed E-state index contributed by atoms with van der Waals surface area (Å²) in [7, 11) is 1.50. The van der Waals surface area contributed by atoms with Crippen LogP contribution in [0.4, 0.5) is 0 Å². The van der Waals surface area contributed by atoms with Crippen LogP contribution in [-0.4, -0.2) is 13.8 Å². The molecule has 0 rings (SSSR count). The molecule has 0 aromatic carbocycles. The lowest BCUT2D eigenvalue weighted by molar-refractivity contribution is -0.0979. The second-order valence-electron chi connectivity index (χ2n) is 0. The van der Waals surface area contributed by atoms with E-state index >= 15 is 0 Å². The van der Waals surface area contributed by atoms with Crippen molar-refractivity contribution in [2.24, 2.45) is 5.73 Å². The van der Waals surface area contributed by atoms with Crippen LogP contribution >= 0.6 is 0 Å².